The number of rotatable bonds is 6. The lowest BCUT2D eigenvalue weighted by Gasteiger charge is -2.44. The zero-order valence-corrected chi connectivity index (χ0v) is 15.5. The smallest absolute Gasteiger partial charge is 0.331 e. The van der Waals surface area contributed by atoms with E-state index in [1.807, 2.05) is 0 Å². The first-order valence-corrected chi connectivity index (χ1v) is 9.77. The minimum absolute atomic E-state index is 0.0243. The summed E-state index contributed by atoms with van der Waals surface area (Å²) in [6.45, 7) is 1.60. The van der Waals surface area contributed by atoms with Crippen molar-refractivity contribution in [3.8, 4) is 0 Å². The average molecular weight is 404 g/mol. The number of amides is 1. The van der Waals surface area contributed by atoms with Crippen LogP contribution in [-0.4, -0.2) is 42.2 Å². The van der Waals surface area contributed by atoms with Gasteiger partial charge in [-0.3, -0.25) is 14.9 Å². The minimum Gasteiger partial charge on any atom is -0.464 e. The molecular formula is C18H16N2O7S. The van der Waals surface area contributed by atoms with E-state index < -0.39 is 38.8 Å². The Kier molecular flexibility index (Phi) is 5.14. The Morgan fingerprint density at radius 2 is 1.75 bits per heavy atom. The molecule has 10 heteroatoms. The topological polar surface area (TPSA) is 124 Å². The molecular weight excluding hydrogens is 388 g/mol. The fraction of sp³-hybridized carbons (Fsp3) is 0.222. The standard InChI is InChI=1S/C18H16N2O7S/c1-2-27-18(22)16-15(12-6-4-3-5-7-12)17(21)19(16)28(25,26)14-10-8-13(9-11-14)20(23)24/h3-11,15-16H,2H2,1H3/t15-,16+/m1/s1. The second-order valence-electron chi connectivity index (χ2n) is 5.98. The van der Waals surface area contributed by atoms with Gasteiger partial charge >= 0.3 is 5.97 Å². The van der Waals surface area contributed by atoms with Gasteiger partial charge in [-0.05, 0) is 24.6 Å². The molecule has 146 valence electrons. The van der Waals surface area contributed by atoms with E-state index in [1.165, 1.54) is 0 Å². The maximum atomic E-state index is 12.9. The zero-order chi connectivity index (χ0) is 20.5. The Labute approximate surface area is 160 Å². The predicted octanol–water partition coefficient (Wildman–Crippen LogP) is 1.84. The number of hydrogen-bond acceptors (Lipinski definition) is 7. The predicted molar refractivity (Wildman–Crippen MR) is 96.7 cm³/mol. The number of non-ortho nitro benzene ring substituents is 1. The SMILES string of the molecule is CCOC(=O)[C@@H]1[C@@H](c2ccccc2)C(=O)N1S(=O)(=O)c1ccc([N+](=O)[O-])cc1. The van der Waals surface area contributed by atoms with E-state index in [0.717, 1.165) is 24.3 Å². The molecule has 0 spiro atoms. The molecule has 1 aliphatic heterocycles. The van der Waals surface area contributed by atoms with Crippen LogP contribution in [0.25, 0.3) is 0 Å². The fourth-order valence-electron chi connectivity index (χ4n) is 3.03. The fourth-order valence-corrected chi connectivity index (χ4v) is 4.59. The van der Waals surface area contributed by atoms with Gasteiger partial charge in [-0.15, -0.1) is 0 Å². The van der Waals surface area contributed by atoms with E-state index in [1.54, 1.807) is 37.3 Å². The summed E-state index contributed by atoms with van der Waals surface area (Å²) in [5, 5.41) is 10.8. The van der Waals surface area contributed by atoms with Gasteiger partial charge in [-0.25, -0.2) is 17.5 Å². The molecule has 0 aliphatic carbocycles. The van der Waals surface area contributed by atoms with E-state index in [2.05, 4.69) is 0 Å². The quantitative estimate of drug-likeness (QED) is 0.311. The van der Waals surface area contributed by atoms with Crippen molar-refractivity contribution in [2.75, 3.05) is 6.61 Å². The average Bonchev–Trinajstić information content (AvgIpc) is 2.66. The van der Waals surface area contributed by atoms with E-state index in [0.29, 0.717) is 9.87 Å². The number of sulfonamides is 1. The van der Waals surface area contributed by atoms with Crippen LogP contribution in [0.1, 0.15) is 18.4 Å². The molecule has 9 nitrogen and oxygen atoms in total. The first kappa shape index (κ1) is 19.5. The summed E-state index contributed by atoms with van der Waals surface area (Å²) in [6, 6.07) is 11.1. The Morgan fingerprint density at radius 3 is 2.29 bits per heavy atom. The van der Waals surface area contributed by atoms with Crippen molar-refractivity contribution >= 4 is 27.6 Å². The van der Waals surface area contributed by atoms with Crippen LogP contribution in [0.2, 0.25) is 0 Å². The monoisotopic (exact) mass is 404 g/mol. The van der Waals surface area contributed by atoms with E-state index in [-0.39, 0.29) is 17.2 Å². The van der Waals surface area contributed by atoms with Crippen molar-refractivity contribution in [1.82, 2.24) is 4.31 Å². The first-order valence-electron chi connectivity index (χ1n) is 8.33. The third-order valence-corrected chi connectivity index (χ3v) is 6.14. The van der Waals surface area contributed by atoms with Gasteiger partial charge in [0.2, 0.25) is 5.91 Å². The van der Waals surface area contributed by atoms with E-state index in [4.69, 9.17) is 4.74 Å². The summed E-state index contributed by atoms with van der Waals surface area (Å²) in [5.74, 6) is -2.57. The number of nitro benzene ring substituents is 1. The van der Waals surface area contributed by atoms with Crippen molar-refractivity contribution in [3.63, 3.8) is 0 Å². The number of carbonyl (C=O) groups excluding carboxylic acids is 2. The van der Waals surface area contributed by atoms with Gasteiger partial charge in [0.25, 0.3) is 15.7 Å². The number of esters is 1. The highest BCUT2D eigenvalue weighted by molar-refractivity contribution is 7.89. The van der Waals surface area contributed by atoms with Crippen molar-refractivity contribution in [2.24, 2.45) is 0 Å². The highest BCUT2D eigenvalue weighted by Crippen LogP contribution is 2.40. The molecule has 1 fully saturated rings. The van der Waals surface area contributed by atoms with Gasteiger partial charge in [-0.2, -0.15) is 0 Å². The molecule has 1 amide bonds. The maximum Gasteiger partial charge on any atom is 0.331 e. The Hall–Kier alpha value is -3.27. The molecule has 0 bridgehead atoms. The summed E-state index contributed by atoms with van der Waals surface area (Å²) in [5.41, 5.74) is 0.207. The highest BCUT2D eigenvalue weighted by Gasteiger charge is 2.58. The number of nitrogens with zero attached hydrogens (tertiary/aromatic N) is 2. The summed E-state index contributed by atoms with van der Waals surface area (Å²) < 4.78 is 31.3. The molecule has 0 N–H and O–H groups in total. The van der Waals surface area contributed by atoms with Crippen LogP contribution in [0.3, 0.4) is 0 Å². The summed E-state index contributed by atoms with van der Waals surface area (Å²) >= 11 is 0. The molecule has 0 radical (unpaired) electrons. The number of ether oxygens (including phenoxy) is 1. The van der Waals surface area contributed by atoms with Gasteiger partial charge in [0.15, 0.2) is 6.04 Å². The van der Waals surface area contributed by atoms with Crippen LogP contribution in [0.4, 0.5) is 5.69 Å². The lowest BCUT2D eigenvalue weighted by molar-refractivity contribution is -0.384. The van der Waals surface area contributed by atoms with Crippen LogP contribution >= 0.6 is 0 Å². The number of nitro groups is 1. The van der Waals surface area contributed by atoms with E-state index >= 15 is 0 Å². The molecule has 0 aromatic heterocycles. The molecule has 2 atom stereocenters. The van der Waals surface area contributed by atoms with Crippen LogP contribution in [0.15, 0.2) is 59.5 Å². The number of β-lactam (4-membered cyclic amide) rings is 1. The second kappa shape index (κ2) is 7.39. The molecule has 3 rings (SSSR count). The van der Waals surface area contributed by atoms with Gasteiger partial charge in [-0.1, -0.05) is 30.3 Å². The minimum atomic E-state index is -4.39. The van der Waals surface area contributed by atoms with Crippen molar-refractivity contribution in [2.45, 2.75) is 23.8 Å². The molecule has 1 saturated heterocycles. The Morgan fingerprint density at radius 1 is 1.14 bits per heavy atom. The number of carbonyl (C=O) groups is 2. The van der Waals surface area contributed by atoms with Gasteiger partial charge in [0.1, 0.15) is 0 Å². The molecule has 1 heterocycles. The molecule has 2 aromatic carbocycles. The summed E-state index contributed by atoms with van der Waals surface area (Å²) in [4.78, 5) is 34.9. The molecule has 28 heavy (non-hydrogen) atoms. The Balaban J connectivity index is 2.00. The van der Waals surface area contributed by atoms with Crippen LogP contribution in [0.5, 0.6) is 0 Å². The lowest BCUT2D eigenvalue weighted by Crippen LogP contribution is -2.64. The third-order valence-electron chi connectivity index (χ3n) is 4.34. The lowest BCUT2D eigenvalue weighted by atomic mass is 9.84. The van der Waals surface area contributed by atoms with E-state index in [9.17, 15) is 28.1 Å². The van der Waals surface area contributed by atoms with Gasteiger partial charge in [0.05, 0.1) is 22.3 Å². The third kappa shape index (κ3) is 3.22. The molecule has 1 aliphatic rings. The summed E-state index contributed by atoms with van der Waals surface area (Å²) in [6.07, 6.45) is 0. The Bertz CT molecular complexity index is 1020. The van der Waals surface area contributed by atoms with Crippen LogP contribution in [0, 0.1) is 10.1 Å². The normalized spacial score (nSPS) is 19.0. The van der Waals surface area contributed by atoms with Crippen molar-refractivity contribution in [1.29, 1.82) is 0 Å². The zero-order valence-electron chi connectivity index (χ0n) is 14.7. The summed E-state index contributed by atoms with van der Waals surface area (Å²) in [7, 11) is -4.39. The second-order valence-corrected chi connectivity index (χ2v) is 7.79. The van der Waals surface area contributed by atoms with Crippen molar-refractivity contribution in [3.05, 3.63) is 70.3 Å². The van der Waals surface area contributed by atoms with Gasteiger partial charge < -0.3 is 4.74 Å². The first-order chi connectivity index (χ1) is 13.3. The largest absolute Gasteiger partial charge is 0.464 e. The van der Waals surface area contributed by atoms with Crippen molar-refractivity contribution < 1.29 is 27.7 Å². The van der Waals surface area contributed by atoms with Gasteiger partial charge in [0, 0.05) is 12.1 Å². The number of hydrogen-bond donors (Lipinski definition) is 0. The van der Waals surface area contributed by atoms with Crippen LogP contribution in [-0.2, 0) is 24.3 Å². The van der Waals surface area contributed by atoms with Crippen LogP contribution < -0.4 is 0 Å². The molecule has 2 aromatic rings. The maximum absolute atomic E-state index is 12.9. The highest BCUT2D eigenvalue weighted by atomic mass is 32.2. The number of benzene rings is 2. The molecule has 0 unspecified atom stereocenters. The molecule has 0 saturated carbocycles.